The second-order valence-electron chi connectivity index (χ2n) is 3.70. The Bertz CT molecular complexity index is 427. The molecule has 0 fully saturated rings. The van der Waals surface area contributed by atoms with Crippen molar-refractivity contribution in [3.8, 4) is 0 Å². The van der Waals surface area contributed by atoms with E-state index in [1.54, 1.807) is 0 Å². The van der Waals surface area contributed by atoms with Crippen LogP contribution in [0.3, 0.4) is 0 Å². The van der Waals surface area contributed by atoms with E-state index in [1.165, 1.54) is 10.9 Å². The van der Waals surface area contributed by atoms with Crippen molar-refractivity contribution < 1.29 is 0 Å². The molecule has 3 N–H and O–H groups in total. The third kappa shape index (κ3) is 1.28. The van der Waals surface area contributed by atoms with E-state index in [0.29, 0.717) is 5.92 Å². The molecule has 1 aromatic carbocycles. The summed E-state index contributed by atoms with van der Waals surface area (Å²) < 4.78 is 0. The molecule has 2 nitrogen and oxygen atoms in total. The molecule has 68 valence electrons. The lowest BCUT2D eigenvalue weighted by molar-refractivity contribution is 0.876. The lowest BCUT2D eigenvalue weighted by Gasteiger charge is -2.02. The van der Waals surface area contributed by atoms with Crippen molar-refractivity contribution in [1.29, 1.82) is 0 Å². The highest BCUT2D eigenvalue weighted by molar-refractivity contribution is 5.86. The topological polar surface area (TPSA) is 41.8 Å². The third-order valence-corrected chi connectivity index (χ3v) is 2.36. The van der Waals surface area contributed by atoms with Gasteiger partial charge in [-0.15, -0.1) is 0 Å². The minimum absolute atomic E-state index is 0.538. The summed E-state index contributed by atoms with van der Waals surface area (Å²) in [5.74, 6) is 0.538. The van der Waals surface area contributed by atoms with Crippen LogP contribution in [0, 0.1) is 0 Å². The van der Waals surface area contributed by atoms with E-state index >= 15 is 0 Å². The number of benzene rings is 1. The van der Waals surface area contributed by atoms with Crippen LogP contribution in [-0.2, 0) is 0 Å². The van der Waals surface area contributed by atoms with Crippen molar-refractivity contribution >= 4 is 16.6 Å². The molecular formula is C11H14N2. The number of hydrogen-bond acceptors (Lipinski definition) is 1. The molecule has 13 heavy (non-hydrogen) atoms. The number of fused-ring (bicyclic) bond motifs is 1. The van der Waals surface area contributed by atoms with Gasteiger partial charge in [-0.05, 0) is 29.7 Å². The van der Waals surface area contributed by atoms with Gasteiger partial charge in [-0.3, -0.25) is 0 Å². The zero-order valence-electron chi connectivity index (χ0n) is 7.96. The van der Waals surface area contributed by atoms with E-state index in [0.717, 1.165) is 11.2 Å². The number of nitrogens with two attached hydrogens (primary N) is 1. The van der Waals surface area contributed by atoms with Crippen LogP contribution < -0.4 is 5.73 Å². The van der Waals surface area contributed by atoms with Gasteiger partial charge in [0.1, 0.15) is 0 Å². The summed E-state index contributed by atoms with van der Waals surface area (Å²) in [7, 11) is 0. The number of H-pyrrole nitrogens is 1. The fourth-order valence-corrected chi connectivity index (χ4v) is 1.64. The van der Waals surface area contributed by atoms with Crippen molar-refractivity contribution in [3.63, 3.8) is 0 Å². The minimum atomic E-state index is 0.538. The second kappa shape index (κ2) is 2.80. The Balaban J connectivity index is 2.71. The van der Waals surface area contributed by atoms with Crippen molar-refractivity contribution in [3.05, 3.63) is 30.0 Å². The van der Waals surface area contributed by atoms with E-state index in [4.69, 9.17) is 5.73 Å². The number of nitrogen functional groups attached to an aromatic ring is 1. The zero-order valence-corrected chi connectivity index (χ0v) is 7.96. The molecule has 0 aliphatic rings. The van der Waals surface area contributed by atoms with Crippen LogP contribution in [0.1, 0.15) is 25.3 Å². The smallest absolute Gasteiger partial charge is 0.0458 e. The minimum Gasteiger partial charge on any atom is -0.399 e. The fraction of sp³-hybridized carbons (Fsp3) is 0.273. The van der Waals surface area contributed by atoms with Crippen LogP contribution in [0.25, 0.3) is 10.9 Å². The monoisotopic (exact) mass is 174 g/mol. The van der Waals surface area contributed by atoms with E-state index < -0.39 is 0 Å². The first kappa shape index (κ1) is 8.17. The normalized spacial score (nSPS) is 11.3. The van der Waals surface area contributed by atoms with Gasteiger partial charge in [0.05, 0.1) is 0 Å². The predicted octanol–water partition coefficient (Wildman–Crippen LogP) is 2.87. The summed E-state index contributed by atoms with van der Waals surface area (Å²) >= 11 is 0. The summed E-state index contributed by atoms with van der Waals surface area (Å²) in [4.78, 5) is 3.24. The largest absolute Gasteiger partial charge is 0.399 e. The van der Waals surface area contributed by atoms with Gasteiger partial charge in [-0.2, -0.15) is 0 Å². The molecule has 0 bridgehead atoms. The van der Waals surface area contributed by atoms with E-state index in [9.17, 15) is 0 Å². The van der Waals surface area contributed by atoms with Gasteiger partial charge in [0, 0.05) is 22.8 Å². The van der Waals surface area contributed by atoms with Gasteiger partial charge < -0.3 is 10.7 Å². The first-order valence-electron chi connectivity index (χ1n) is 4.55. The summed E-state index contributed by atoms with van der Waals surface area (Å²) in [6.07, 6.45) is 2.06. The molecule has 2 rings (SSSR count). The Morgan fingerprint density at radius 2 is 2.08 bits per heavy atom. The number of aromatic nitrogens is 1. The maximum Gasteiger partial charge on any atom is 0.0458 e. The molecule has 0 radical (unpaired) electrons. The molecule has 0 unspecified atom stereocenters. The first-order chi connectivity index (χ1) is 6.18. The Labute approximate surface area is 77.8 Å². The van der Waals surface area contributed by atoms with Crippen LogP contribution >= 0.6 is 0 Å². The zero-order chi connectivity index (χ0) is 9.42. The summed E-state index contributed by atoms with van der Waals surface area (Å²) in [5.41, 5.74) is 9.07. The first-order valence-corrected chi connectivity index (χ1v) is 4.55. The quantitative estimate of drug-likeness (QED) is 0.641. The van der Waals surface area contributed by atoms with Crippen LogP contribution in [0.4, 0.5) is 5.69 Å². The van der Waals surface area contributed by atoms with Crippen molar-refractivity contribution in [2.45, 2.75) is 19.8 Å². The predicted molar refractivity (Wildman–Crippen MR) is 56.8 cm³/mol. The standard InChI is InChI=1S/C11H14N2/c1-7(2)10-6-13-11-4-3-8(12)5-9(10)11/h3-7,13H,12H2,1-2H3. The maximum atomic E-state index is 5.74. The Kier molecular flexibility index (Phi) is 1.76. The summed E-state index contributed by atoms with van der Waals surface area (Å²) in [6.45, 7) is 4.37. The van der Waals surface area contributed by atoms with Crippen LogP contribution in [0.2, 0.25) is 0 Å². The molecule has 0 spiro atoms. The van der Waals surface area contributed by atoms with Crippen molar-refractivity contribution in [2.24, 2.45) is 0 Å². The number of rotatable bonds is 1. The van der Waals surface area contributed by atoms with Gasteiger partial charge in [0.2, 0.25) is 0 Å². The molecule has 0 saturated carbocycles. The summed E-state index contributed by atoms with van der Waals surface area (Å²) in [5, 5.41) is 1.25. The van der Waals surface area contributed by atoms with E-state index in [1.807, 2.05) is 18.2 Å². The van der Waals surface area contributed by atoms with Crippen molar-refractivity contribution in [1.82, 2.24) is 4.98 Å². The van der Waals surface area contributed by atoms with E-state index in [-0.39, 0.29) is 0 Å². The highest BCUT2D eigenvalue weighted by Crippen LogP contribution is 2.26. The highest BCUT2D eigenvalue weighted by Gasteiger charge is 2.06. The van der Waals surface area contributed by atoms with Gasteiger partial charge in [-0.1, -0.05) is 13.8 Å². The van der Waals surface area contributed by atoms with Crippen LogP contribution in [-0.4, -0.2) is 4.98 Å². The average molecular weight is 174 g/mol. The molecule has 0 atom stereocenters. The molecule has 1 aromatic heterocycles. The molecule has 0 saturated heterocycles. The van der Waals surface area contributed by atoms with Gasteiger partial charge in [-0.25, -0.2) is 0 Å². The highest BCUT2D eigenvalue weighted by atomic mass is 14.7. The van der Waals surface area contributed by atoms with Gasteiger partial charge in [0.15, 0.2) is 0 Å². The Hall–Kier alpha value is -1.44. The lowest BCUT2D eigenvalue weighted by atomic mass is 10.0. The van der Waals surface area contributed by atoms with E-state index in [2.05, 4.69) is 25.0 Å². The fourth-order valence-electron chi connectivity index (χ4n) is 1.64. The number of aromatic amines is 1. The Morgan fingerprint density at radius 1 is 1.31 bits per heavy atom. The molecule has 1 heterocycles. The molecule has 0 aliphatic heterocycles. The molecule has 0 aliphatic carbocycles. The SMILES string of the molecule is CC(C)c1c[nH]c2ccc(N)cc12. The molecule has 2 aromatic rings. The maximum absolute atomic E-state index is 5.74. The summed E-state index contributed by atoms with van der Waals surface area (Å²) in [6, 6.07) is 5.97. The van der Waals surface area contributed by atoms with Crippen LogP contribution in [0.5, 0.6) is 0 Å². The molecule has 0 amide bonds. The van der Waals surface area contributed by atoms with Crippen molar-refractivity contribution in [2.75, 3.05) is 5.73 Å². The third-order valence-electron chi connectivity index (χ3n) is 2.36. The average Bonchev–Trinajstić information content (AvgIpc) is 2.46. The second-order valence-corrected chi connectivity index (χ2v) is 3.70. The molecular weight excluding hydrogens is 160 g/mol. The number of nitrogens with one attached hydrogen (secondary N) is 1. The Morgan fingerprint density at radius 3 is 2.77 bits per heavy atom. The van der Waals surface area contributed by atoms with Gasteiger partial charge in [0.25, 0.3) is 0 Å². The lowest BCUT2D eigenvalue weighted by Crippen LogP contribution is -1.86. The number of hydrogen-bond donors (Lipinski definition) is 2. The van der Waals surface area contributed by atoms with Crippen LogP contribution in [0.15, 0.2) is 24.4 Å². The van der Waals surface area contributed by atoms with Gasteiger partial charge >= 0.3 is 0 Å². The number of anilines is 1. The molecule has 2 heteroatoms.